The molecule has 0 saturated carbocycles. The Kier molecular flexibility index (Phi) is 27.3. The minimum Gasteiger partial charge on any atom is -0.481 e. The van der Waals surface area contributed by atoms with E-state index in [1.807, 2.05) is 10.3 Å². The first-order valence-corrected chi connectivity index (χ1v) is 28.3. The summed E-state index contributed by atoms with van der Waals surface area (Å²) in [5.74, 6) is -1.91. The number of hydrogen-bond acceptors (Lipinski definition) is 20. The Morgan fingerprint density at radius 2 is 1.47 bits per heavy atom. The van der Waals surface area contributed by atoms with Gasteiger partial charge in [0.05, 0.1) is 32.1 Å². The van der Waals surface area contributed by atoms with Gasteiger partial charge in [0.1, 0.15) is 36.0 Å². The van der Waals surface area contributed by atoms with Crippen LogP contribution in [0.1, 0.15) is 82.9 Å². The molecule has 0 radical (unpaired) electrons. The van der Waals surface area contributed by atoms with E-state index in [0.29, 0.717) is 30.8 Å². The molecule has 73 heavy (non-hydrogen) atoms. The number of aliphatic carboxylic acids is 3. The van der Waals surface area contributed by atoms with Crippen molar-refractivity contribution in [3.63, 3.8) is 0 Å². The number of carboxylic acid groups (broad SMARTS) is 3. The van der Waals surface area contributed by atoms with E-state index < -0.39 is 132 Å². The number of amides is 5. The molecule has 410 valence electrons. The summed E-state index contributed by atoms with van der Waals surface area (Å²) in [6, 6.07) is -4.38. The number of ether oxygens (including phenoxy) is 1. The van der Waals surface area contributed by atoms with Gasteiger partial charge in [-0.15, -0.1) is 0 Å². The minimum atomic E-state index is -5.81. The largest absolute Gasteiger partial charge is 0.490 e. The molecule has 8 unspecified atom stereocenters. The second-order valence-electron chi connectivity index (χ2n) is 15.2. The van der Waals surface area contributed by atoms with Gasteiger partial charge >= 0.3 is 47.1 Å². The van der Waals surface area contributed by atoms with Crippen molar-refractivity contribution in [3.8, 4) is 11.8 Å². The molecule has 0 spiro atoms. The van der Waals surface area contributed by atoms with Gasteiger partial charge < -0.3 is 71.3 Å². The standard InChI is InChI=1S/C36H54N7O25P3S2/c1-20(44)39-22(33(53)38-11-4-2-3-9-28(47)40-23(15-30(48)49)34(54)41-24(35(55)56)16-31(50)51)8-6-13-72-73-14-10-27(46)37-12-5-7-21-18-43(36(57)42-32(21)52)29-17-25(45)26(66-29)19-65-70(61,62)68-71(63,64)67-69(58,59)60/h18,22-26,29,45H,2-4,6,8-17,19H2,1H3,(H,37,46)(H,38,53)(H,39,44)(H,40,47)(H,41,54)(H,48,49)(H,50,51)(H,55,56)(H,61,62)(H,63,64)(H,42,52,57)(H2,58,59,60). The van der Waals surface area contributed by atoms with Crippen LogP contribution in [0.4, 0.5) is 0 Å². The number of carbonyl (C=O) groups is 8. The summed E-state index contributed by atoms with van der Waals surface area (Å²) >= 11 is 0. The number of nitrogens with one attached hydrogen (secondary N) is 6. The summed E-state index contributed by atoms with van der Waals surface area (Å²) in [5, 5.41) is 49.4. The van der Waals surface area contributed by atoms with Crippen LogP contribution in [-0.2, 0) is 69.9 Å². The molecular formula is C36H54N7O25P3S2. The summed E-state index contributed by atoms with van der Waals surface area (Å²) < 4.78 is 52.4. The minimum absolute atomic E-state index is 0.0739. The molecule has 2 rings (SSSR count). The van der Waals surface area contributed by atoms with E-state index in [0.717, 1.165) is 10.8 Å². The number of H-pyrrole nitrogens is 1. The zero-order chi connectivity index (χ0) is 55.1. The summed E-state index contributed by atoms with van der Waals surface area (Å²) in [5.41, 5.74) is -2.18. The fourth-order valence-corrected chi connectivity index (χ4v) is 11.1. The molecule has 1 fully saturated rings. The molecule has 8 atom stereocenters. The number of carboxylic acids is 3. The number of phosphoric acid groups is 3. The second kappa shape index (κ2) is 31.0. The van der Waals surface area contributed by atoms with Crippen LogP contribution in [0.25, 0.3) is 0 Å². The number of aromatic nitrogens is 2. The van der Waals surface area contributed by atoms with Crippen molar-refractivity contribution in [3.05, 3.63) is 32.6 Å². The fourth-order valence-electron chi connectivity index (χ4n) is 6.00. The third-order valence-corrected chi connectivity index (χ3v) is 15.5. The van der Waals surface area contributed by atoms with Crippen LogP contribution < -0.4 is 37.8 Å². The van der Waals surface area contributed by atoms with E-state index in [1.165, 1.54) is 28.5 Å². The summed E-state index contributed by atoms with van der Waals surface area (Å²) in [6.07, 6.45) is -3.73. The predicted molar refractivity (Wildman–Crippen MR) is 249 cm³/mol. The van der Waals surface area contributed by atoms with Crippen molar-refractivity contribution in [1.82, 2.24) is 36.1 Å². The molecule has 1 saturated heterocycles. The van der Waals surface area contributed by atoms with Gasteiger partial charge in [0.15, 0.2) is 0 Å². The van der Waals surface area contributed by atoms with Gasteiger partial charge in [-0.1, -0.05) is 39.8 Å². The molecule has 1 aliphatic heterocycles. The number of aromatic amines is 1. The van der Waals surface area contributed by atoms with Crippen LogP contribution in [0.3, 0.4) is 0 Å². The fraction of sp³-hybridized carbons (Fsp3) is 0.611. The van der Waals surface area contributed by atoms with Crippen molar-refractivity contribution >= 4 is 92.5 Å². The van der Waals surface area contributed by atoms with Gasteiger partial charge in [0.25, 0.3) is 5.56 Å². The molecule has 32 nitrogen and oxygen atoms in total. The highest BCUT2D eigenvalue weighted by Gasteiger charge is 2.43. The van der Waals surface area contributed by atoms with Gasteiger partial charge in [-0.3, -0.25) is 52.4 Å². The number of aliphatic hydroxyl groups is 1. The van der Waals surface area contributed by atoms with Crippen molar-refractivity contribution < 1.29 is 110 Å². The quantitative estimate of drug-likeness (QED) is 0.0153. The van der Waals surface area contributed by atoms with E-state index in [2.05, 4.69) is 46.3 Å². The maximum Gasteiger partial charge on any atom is 0.490 e. The van der Waals surface area contributed by atoms with Crippen molar-refractivity contribution in [2.45, 2.75) is 108 Å². The Morgan fingerprint density at radius 3 is 2.10 bits per heavy atom. The first-order chi connectivity index (χ1) is 34.0. The second-order valence-corrected chi connectivity index (χ2v) is 22.3. The molecule has 37 heteroatoms. The lowest BCUT2D eigenvalue weighted by Crippen LogP contribution is -2.52. The van der Waals surface area contributed by atoms with E-state index in [1.54, 1.807) is 0 Å². The summed E-state index contributed by atoms with van der Waals surface area (Å²) in [6.45, 7) is 0.209. The van der Waals surface area contributed by atoms with E-state index in [-0.39, 0.29) is 56.7 Å². The Labute approximate surface area is 420 Å². The van der Waals surface area contributed by atoms with E-state index in [4.69, 9.17) is 29.8 Å². The lowest BCUT2D eigenvalue weighted by Gasteiger charge is -2.19. The third-order valence-electron chi connectivity index (χ3n) is 9.21. The predicted octanol–water partition coefficient (Wildman–Crippen LogP) is -2.27. The SMILES string of the molecule is CC(=O)NC(CCCSSCCC(=O)NCC#Cc1cn(C2CC(O)C(COP(=O)(O)OP(=O)(O)OP(=O)(O)O)O2)c(=O)[nH]c1=O)C(=O)NCCCCCC(=O)NC(CC(=O)O)C(=O)NC(CC(=O)O)C(=O)O. The zero-order valence-electron chi connectivity index (χ0n) is 38.3. The number of hydrogen-bond donors (Lipinski definition) is 14. The third kappa shape index (κ3) is 26.7. The monoisotopic (exact) mass is 1140 g/mol. The van der Waals surface area contributed by atoms with Crippen molar-refractivity contribution in [2.75, 3.05) is 31.2 Å². The lowest BCUT2D eigenvalue weighted by atomic mass is 10.1. The Bertz CT molecular complexity index is 2480. The van der Waals surface area contributed by atoms with Crippen LogP contribution >= 0.6 is 45.1 Å². The molecule has 0 bridgehead atoms. The number of nitrogens with zero attached hydrogens (tertiary/aromatic N) is 1. The van der Waals surface area contributed by atoms with E-state index in [9.17, 15) is 76.5 Å². The van der Waals surface area contributed by atoms with Crippen LogP contribution in [0, 0.1) is 11.8 Å². The van der Waals surface area contributed by atoms with Crippen LogP contribution in [0.5, 0.6) is 0 Å². The lowest BCUT2D eigenvalue weighted by molar-refractivity contribution is -0.148. The van der Waals surface area contributed by atoms with Crippen LogP contribution in [0.2, 0.25) is 0 Å². The molecule has 14 N–H and O–H groups in total. The van der Waals surface area contributed by atoms with Gasteiger partial charge in [0.2, 0.25) is 29.5 Å². The van der Waals surface area contributed by atoms with Gasteiger partial charge in [-0.2, -0.15) is 8.62 Å². The maximum absolute atomic E-state index is 12.8. The average molecular weight is 1140 g/mol. The Morgan fingerprint density at radius 1 is 0.808 bits per heavy atom. The van der Waals surface area contributed by atoms with Crippen molar-refractivity contribution in [2.24, 2.45) is 0 Å². The van der Waals surface area contributed by atoms with Gasteiger partial charge in [-0.05, 0) is 25.7 Å². The average Bonchev–Trinajstić information content (AvgIpc) is 3.62. The number of aliphatic hydroxyl groups excluding tert-OH is 1. The summed E-state index contributed by atoms with van der Waals surface area (Å²) in [7, 11) is -14.2. The molecule has 1 aliphatic rings. The Balaban J connectivity index is 1.72. The molecule has 0 aromatic carbocycles. The molecule has 0 aliphatic carbocycles. The van der Waals surface area contributed by atoms with Gasteiger partial charge in [0, 0.05) is 50.4 Å². The number of carbonyl (C=O) groups excluding carboxylic acids is 5. The number of unbranched alkanes of at least 4 members (excludes halogenated alkanes) is 2. The first-order valence-electron chi connectivity index (χ1n) is 21.3. The summed E-state index contributed by atoms with van der Waals surface area (Å²) in [4.78, 5) is 158. The van der Waals surface area contributed by atoms with E-state index >= 15 is 0 Å². The Hall–Kier alpha value is -4.97. The highest BCUT2D eigenvalue weighted by Crippen LogP contribution is 2.66. The molecule has 1 aromatic rings. The van der Waals surface area contributed by atoms with Gasteiger partial charge in [-0.25, -0.2) is 23.3 Å². The first kappa shape index (κ1) is 64.1. The molecule has 1 aromatic heterocycles. The number of rotatable bonds is 33. The molecule has 2 heterocycles. The van der Waals surface area contributed by atoms with Crippen LogP contribution in [-0.4, -0.2) is 159 Å². The highest BCUT2D eigenvalue weighted by molar-refractivity contribution is 8.76. The topological polar surface area (TPSA) is 502 Å². The zero-order valence-corrected chi connectivity index (χ0v) is 42.6. The highest BCUT2D eigenvalue weighted by atomic mass is 33.1. The number of phosphoric ester groups is 1. The maximum atomic E-state index is 12.8. The molecular weight excluding hydrogens is 1090 g/mol. The van der Waals surface area contributed by atoms with Crippen LogP contribution in [0.15, 0.2) is 15.8 Å². The smallest absolute Gasteiger partial charge is 0.481 e. The van der Waals surface area contributed by atoms with Crippen molar-refractivity contribution in [1.29, 1.82) is 0 Å². The molecule has 5 amide bonds. The normalized spacial score (nSPS) is 18.2.